The summed E-state index contributed by atoms with van der Waals surface area (Å²) >= 11 is 0. The van der Waals surface area contributed by atoms with E-state index in [1.807, 2.05) is 13.8 Å². The van der Waals surface area contributed by atoms with Crippen molar-refractivity contribution in [1.82, 2.24) is 14.5 Å². The molecule has 0 N–H and O–H groups in total. The Morgan fingerprint density at radius 2 is 1.64 bits per heavy atom. The third kappa shape index (κ3) is 5.01. The Bertz CT molecular complexity index is 1760. The van der Waals surface area contributed by atoms with E-state index in [0.717, 1.165) is 11.1 Å². The summed E-state index contributed by atoms with van der Waals surface area (Å²) in [4.78, 5) is 35.6. The van der Waals surface area contributed by atoms with E-state index >= 15 is 0 Å². The molecule has 0 saturated heterocycles. The molecule has 8 heteroatoms. The molecule has 0 aliphatic carbocycles. The van der Waals surface area contributed by atoms with Crippen molar-refractivity contribution in [2.45, 2.75) is 27.2 Å². The summed E-state index contributed by atoms with van der Waals surface area (Å²) in [5, 5.41) is 0. The van der Waals surface area contributed by atoms with Crippen LogP contribution in [-0.4, -0.2) is 27.4 Å². The molecule has 0 atom stereocenters. The molecule has 7 nitrogen and oxygen atoms in total. The Balaban J connectivity index is 1.40. The smallest absolute Gasteiger partial charge is 0.266 e. The minimum atomic E-state index is -0.416. The van der Waals surface area contributed by atoms with Crippen LogP contribution in [-0.2, 0) is 6.42 Å². The van der Waals surface area contributed by atoms with E-state index < -0.39 is 11.4 Å². The third-order valence-corrected chi connectivity index (χ3v) is 6.86. The Kier molecular flexibility index (Phi) is 6.94. The molecular formula is C31H26FN3O4. The highest BCUT2D eigenvalue weighted by atomic mass is 19.1. The average Bonchev–Trinajstić information content (AvgIpc) is 2.94. The average molecular weight is 524 g/mol. The van der Waals surface area contributed by atoms with Gasteiger partial charge in [0.2, 0.25) is 0 Å². The summed E-state index contributed by atoms with van der Waals surface area (Å²) in [5.74, 6) is 1.02. The summed E-state index contributed by atoms with van der Waals surface area (Å²) in [7, 11) is 1.57. The van der Waals surface area contributed by atoms with Gasteiger partial charge in [-0.15, -0.1) is 0 Å². The van der Waals surface area contributed by atoms with Gasteiger partial charge in [-0.3, -0.25) is 19.1 Å². The van der Waals surface area contributed by atoms with Crippen LogP contribution in [0.5, 0.6) is 17.2 Å². The van der Waals surface area contributed by atoms with E-state index in [-0.39, 0.29) is 17.8 Å². The molecule has 2 aromatic carbocycles. The number of pyridine rings is 3. The molecule has 0 radical (unpaired) electrons. The van der Waals surface area contributed by atoms with Crippen molar-refractivity contribution in [3.8, 4) is 22.9 Å². The first-order valence-corrected chi connectivity index (χ1v) is 12.3. The van der Waals surface area contributed by atoms with Crippen molar-refractivity contribution < 1.29 is 18.7 Å². The van der Waals surface area contributed by atoms with E-state index in [0.29, 0.717) is 45.2 Å². The Morgan fingerprint density at radius 1 is 0.923 bits per heavy atom. The van der Waals surface area contributed by atoms with E-state index in [9.17, 15) is 14.0 Å². The second-order valence-corrected chi connectivity index (χ2v) is 9.23. The monoisotopic (exact) mass is 523 g/mol. The summed E-state index contributed by atoms with van der Waals surface area (Å²) in [6.45, 7) is 5.48. The maximum Gasteiger partial charge on any atom is 0.266 e. The standard InChI is InChI=1S/C31H26FN3O4/c1-18-19(2)29(31(37)35(20(18)3)23-9-7-22(32)8-10-23)27(36)15-21-5-11-24(12-6-21)39-28-13-14-33-26-16-25(38-4)17-34-30(26)28/h5-14,16-17H,15H2,1-4H3. The number of aromatic nitrogens is 3. The van der Waals surface area contributed by atoms with Gasteiger partial charge in [0.15, 0.2) is 11.5 Å². The van der Waals surface area contributed by atoms with Crippen molar-refractivity contribution in [1.29, 1.82) is 0 Å². The number of Topliss-reactive ketones (excluding diaryl/α,β-unsaturated/α-hetero) is 1. The van der Waals surface area contributed by atoms with Gasteiger partial charge >= 0.3 is 0 Å². The van der Waals surface area contributed by atoms with Crippen molar-refractivity contribution in [2.75, 3.05) is 7.11 Å². The van der Waals surface area contributed by atoms with Gasteiger partial charge in [-0.05, 0) is 73.9 Å². The topological polar surface area (TPSA) is 83.3 Å². The highest BCUT2D eigenvalue weighted by Crippen LogP contribution is 2.29. The Morgan fingerprint density at radius 3 is 2.33 bits per heavy atom. The Hall–Kier alpha value is -4.85. The van der Waals surface area contributed by atoms with E-state index in [4.69, 9.17) is 9.47 Å². The molecular weight excluding hydrogens is 497 g/mol. The first-order chi connectivity index (χ1) is 18.8. The number of halogens is 1. The maximum atomic E-state index is 13.5. The predicted molar refractivity (Wildman–Crippen MR) is 147 cm³/mol. The molecule has 0 bridgehead atoms. The van der Waals surface area contributed by atoms with Gasteiger partial charge in [-0.2, -0.15) is 0 Å². The van der Waals surface area contributed by atoms with Gasteiger partial charge < -0.3 is 9.47 Å². The summed E-state index contributed by atoms with van der Waals surface area (Å²) in [6.07, 6.45) is 3.28. The van der Waals surface area contributed by atoms with Crippen LogP contribution in [0.2, 0.25) is 0 Å². The van der Waals surface area contributed by atoms with Gasteiger partial charge in [0.05, 0.1) is 24.4 Å². The zero-order chi connectivity index (χ0) is 27.7. The van der Waals surface area contributed by atoms with Crippen LogP contribution >= 0.6 is 0 Å². The second-order valence-electron chi connectivity index (χ2n) is 9.23. The van der Waals surface area contributed by atoms with Crippen LogP contribution in [0.3, 0.4) is 0 Å². The van der Waals surface area contributed by atoms with Crippen LogP contribution in [0, 0.1) is 26.6 Å². The fourth-order valence-electron chi connectivity index (χ4n) is 4.54. The minimum absolute atomic E-state index is 0.0435. The normalized spacial score (nSPS) is 11.0. The molecule has 3 aromatic heterocycles. The quantitative estimate of drug-likeness (QED) is 0.241. The van der Waals surface area contributed by atoms with Crippen molar-refractivity contribution in [2.24, 2.45) is 0 Å². The zero-order valence-electron chi connectivity index (χ0n) is 22.0. The van der Waals surface area contributed by atoms with E-state index in [1.165, 1.54) is 28.8 Å². The first kappa shape index (κ1) is 25.8. The molecule has 0 amide bonds. The lowest BCUT2D eigenvalue weighted by Gasteiger charge is -2.17. The number of fused-ring (bicyclic) bond motifs is 1. The fourth-order valence-corrected chi connectivity index (χ4v) is 4.54. The van der Waals surface area contributed by atoms with Gasteiger partial charge in [-0.1, -0.05) is 12.1 Å². The molecule has 0 spiro atoms. The number of rotatable bonds is 7. The fraction of sp³-hybridized carbons (Fsp3) is 0.161. The molecule has 0 aliphatic heterocycles. The molecule has 196 valence electrons. The van der Waals surface area contributed by atoms with Gasteiger partial charge in [0, 0.05) is 36.1 Å². The van der Waals surface area contributed by atoms with Crippen molar-refractivity contribution in [3.05, 3.63) is 117 Å². The molecule has 3 heterocycles. The number of carbonyl (C=O) groups is 1. The maximum absolute atomic E-state index is 13.5. The number of hydrogen-bond donors (Lipinski definition) is 0. The highest BCUT2D eigenvalue weighted by molar-refractivity contribution is 5.99. The number of benzene rings is 2. The van der Waals surface area contributed by atoms with Crippen molar-refractivity contribution in [3.63, 3.8) is 0 Å². The first-order valence-electron chi connectivity index (χ1n) is 12.3. The molecule has 0 aliphatic rings. The number of hydrogen-bond acceptors (Lipinski definition) is 6. The number of ether oxygens (including phenoxy) is 2. The molecule has 39 heavy (non-hydrogen) atoms. The SMILES string of the molecule is COc1cnc2c(Oc3ccc(CC(=O)c4c(C)c(C)c(C)n(-c5ccc(F)cc5)c4=O)cc3)ccnc2c1. The van der Waals surface area contributed by atoms with Crippen molar-refractivity contribution >= 4 is 16.8 Å². The largest absolute Gasteiger partial charge is 0.495 e. The predicted octanol–water partition coefficient (Wildman–Crippen LogP) is 6.07. The Labute approximate surface area is 224 Å². The number of methoxy groups -OCH3 is 1. The lowest BCUT2D eigenvalue weighted by atomic mass is 9.96. The number of nitrogens with zero attached hydrogens (tertiary/aromatic N) is 3. The molecule has 0 fully saturated rings. The summed E-state index contributed by atoms with van der Waals surface area (Å²) in [5.41, 5.74) is 4.39. The number of ketones is 1. The van der Waals surface area contributed by atoms with Gasteiger partial charge in [-0.25, -0.2) is 9.37 Å². The van der Waals surface area contributed by atoms with Crippen LogP contribution < -0.4 is 15.0 Å². The molecule has 5 aromatic rings. The molecule has 0 unspecified atom stereocenters. The van der Waals surface area contributed by atoms with E-state index in [2.05, 4.69) is 9.97 Å². The number of carbonyl (C=O) groups excluding carboxylic acids is 1. The van der Waals surface area contributed by atoms with Crippen LogP contribution in [0.4, 0.5) is 4.39 Å². The summed E-state index contributed by atoms with van der Waals surface area (Å²) in [6, 6.07) is 16.3. The van der Waals surface area contributed by atoms with Crippen LogP contribution in [0.25, 0.3) is 16.7 Å². The molecule has 5 rings (SSSR count). The highest BCUT2D eigenvalue weighted by Gasteiger charge is 2.21. The van der Waals surface area contributed by atoms with Crippen LogP contribution in [0.15, 0.2) is 77.9 Å². The van der Waals surface area contributed by atoms with Gasteiger partial charge in [0.1, 0.15) is 22.8 Å². The summed E-state index contributed by atoms with van der Waals surface area (Å²) < 4.78 is 26.2. The minimum Gasteiger partial charge on any atom is -0.495 e. The second kappa shape index (κ2) is 10.5. The lowest BCUT2D eigenvalue weighted by molar-refractivity contribution is 0.0990. The van der Waals surface area contributed by atoms with E-state index in [1.54, 1.807) is 62.8 Å². The third-order valence-electron chi connectivity index (χ3n) is 6.86. The van der Waals surface area contributed by atoms with Crippen LogP contribution in [0.1, 0.15) is 32.7 Å². The lowest BCUT2D eigenvalue weighted by Crippen LogP contribution is -2.30. The van der Waals surface area contributed by atoms with Gasteiger partial charge in [0.25, 0.3) is 5.56 Å². The molecule has 0 saturated carbocycles. The zero-order valence-corrected chi connectivity index (χ0v) is 22.0.